The SMILES string of the molecule is CCNC(Cc1nc2ccccc2s1)c1ccccc1C. The highest BCUT2D eigenvalue weighted by molar-refractivity contribution is 7.18. The molecule has 1 aromatic heterocycles. The lowest BCUT2D eigenvalue weighted by molar-refractivity contribution is 0.546. The molecule has 1 heterocycles. The zero-order valence-electron chi connectivity index (χ0n) is 12.5. The van der Waals surface area contributed by atoms with Crippen LogP contribution in [0.25, 0.3) is 10.2 Å². The van der Waals surface area contributed by atoms with Gasteiger partial charge in [-0.15, -0.1) is 11.3 Å². The molecule has 1 unspecified atom stereocenters. The van der Waals surface area contributed by atoms with Crippen molar-refractivity contribution in [3.63, 3.8) is 0 Å². The van der Waals surface area contributed by atoms with Crippen LogP contribution in [-0.4, -0.2) is 11.5 Å². The largest absolute Gasteiger partial charge is 0.310 e. The van der Waals surface area contributed by atoms with E-state index in [1.165, 1.54) is 20.8 Å². The Morgan fingerprint density at radius 2 is 1.86 bits per heavy atom. The average Bonchev–Trinajstić information content (AvgIpc) is 2.89. The Labute approximate surface area is 129 Å². The van der Waals surface area contributed by atoms with Crippen molar-refractivity contribution in [1.82, 2.24) is 10.3 Å². The minimum atomic E-state index is 0.330. The van der Waals surface area contributed by atoms with Gasteiger partial charge >= 0.3 is 0 Å². The number of fused-ring (bicyclic) bond motifs is 1. The first-order chi connectivity index (χ1) is 10.3. The molecule has 3 rings (SSSR count). The van der Waals surface area contributed by atoms with Crippen molar-refractivity contribution in [1.29, 1.82) is 0 Å². The maximum Gasteiger partial charge on any atom is 0.0957 e. The highest BCUT2D eigenvalue weighted by atomic mass is 32.1. The molecule has 0 aliphatic carbocycles. The molecule has 108 valence electrons. The second-order valence-corrected chi connectivity index (χ2v) is 6.36. The fraction of sp³-hybridized carbons (Fsp3) is 0.278. The summed E-state index contributed by atoms with van der Waals surface area (Å²) in [6.45, 7) is 5.30. The summed E-state index contributed by atoms with van der Waals surface area (Å²) in [6.07, 6.45) is 0.942. The average molecular weight is 296 g/mol. The molecule has 0 aliphatic rings. The highest BCUT2D eigenvalue weighted by Crippen LogP contribution is 2.27. The number of thiazole rings is 1. The standard InChI is InChI=1S/C18H20N2S/c1-3-19-16(14-9-5-4-8-13(14)2)12-18-20-15-10-6-7-11-17(15)21-18/h4-11,16,19H,3,12H2,1-2H3. The Hall–Kier alpha value is -1.71. The molecule has 0 fully saturated rings. The Balaban J connectivity index is 1.90. The van der Waals surface area contributed by atoms with Gasteiger partial charge in [-0.2, -0.15) is 0 Å². The summed E-state index contributed by atoms with van der Waals surface area (Å²) in [7, 11) is 0. The molecule has 2 nitrogen and oxygen atoms in total. The number of nitrogens with one attached hydrogen (secondary N) is 1. The van der Waals surface area contributed by atoms with E-state index in [0.717, 1.165) is 18.5 Å². The van der Waals surface area contributed by atoms with Gasteiger partial charge in [-0.1, -0.05) is 43.3 Å². The summed E-state index contributed by atoms with van der Waals surface area (Å²) in [5.41, 5.74) is 3.82. The van der Waals surface area contributed by atoms with Gasteiger partial charge < -0.3 is 5.32 Å². The molecule has 3 heteroatoms. The van der Waals surface area contributed by atoms with Gasteiger partial charge in [0.05, 0.1) is 15.2 Å². The van der Waals surface area contributed by atoms with Gasteiger partial charge in [0.1, 0.15) is 0 Å². The third-order valence-corrected chi connectivity index (χ3v) is 4.79. The van der Waals surface area contributed by atoms with E-state index in [2.05, 4.69) is 67.7 Å². The lowest BCUT2D eigenvalue weighted by Gasteiger charge is -2.19. The zero-order chi connectivity index (χ0) is 14.7. The molecule has 2 aromatic carbocycles. The van der Waals surface area contributed by atoms with Crippen molar-refractivity contribution in [2.45, 2.75) is 26.3 Å². The molecule has 0 aliphatic heterocycles. The van der Waals surface area contributed by atoms with Gasteiger partial charge in [0.2, 0.25) is 0 Å². The molecule has 21 heavy (non-hydrogen) atoms. The van der Waals surface area contributed by atoms with Crippen LogP contribution in [-0.2, 0) is 6.42 Å². The minimum Gasteiger partial charge on any atom is -0.310 e. The maximum absolute atomic E-state index is 4.77. The van der Waals surface area contributed by atoms with E-state index in [1.807, 2.05) is 0 Å². The van der Waals surface area contributed by atoms with Crippen molar-refractivity contribution in [3.8, 4) is 0 Å². The summed E-state index contributed by atoms with van der Waals surface area (Å²) in [5, 5.41) is 4.80. The predicted molar refractivity (Wildman–Crippen MR) is 90.9 cm³/mol. The normalized spacial score (nSPS) is 12.7. The monoisotopic (exact) mass is 296 g/mol. The molecule has 3 aromatic rings. The van der Waals surface area contributed by atoms with E-state index in [0.29, 0.717) is 6.04 Å². The molecule has 0 radical (unpaired) electrons. The Bertz CT molecular complexity index is 700. The van der Waals surface area contributed by atoms with Crippen LogP contribution in [0.15, 0.2) is 48.5 Å². The molecule has 1 N–H and O–H groups in total. The van der Waals surface area contributed by atoms with E-state index in [-0.39, 0.29) is 0 Å². The number of benzene rings is 2. The summed E-state index contributed by atoms with van der Waals surface area (Å²) < 4.78 is 1.27. The van der Waals surface area contributed by atoms with E-state index in [4.69, 9.17) is 4.98 Å². The van der Waals surface area contributed by atoms with Crippen LogP contribution in [0.2, 0.25) is 0 Å². The van der Waals surface area contributed by atoms with Crippen molar-refractivity contribution < 1.29 is 0 Å². The van der Waals surface area contributed by atoms with Crippen molar-refractivity contribution >= 4 is 21.6 Å². The lowest BCUT2D eigenvalue weighted by atomic mass is 9.99. The second kappa shape index (κ2) is 6.37. The molecule has 0 bridgehead atoms. The topological polar surface area (TPSA) is 24.9 Å². The predicted octanol–water partition coefficient (Wildman–Crippen LogP) is 4.50. The van der Waals surface area contributed by atoms with E-state index in [1.54, 1.807) is 11.3 Å². The molecule has 0 amide bonds. The van der Waals surface area contributed by atoms with Crippen molar-refractivity contribution in [3.05, 3.63) is 64.7 Å². The van der Waals surface area contributed by atoms with Crippen LogP contribution in [0.3, 0.4) is 0 Å². The number of nitrogens with zero attached hydrogens (tertiary/aromatic N) is 1. The summed E-state index contributed by atoms with van der Waals surface area (Å²) in [6, 6.07) is 17.3. The van der Waals surface area contributed by atoms with Crippen molar-refractivity contribution in [2.75, 3.05) is 6.54 Å². The van der Waals surface area contributed by atoms with Gasteiger partial charge in [-0.25, -0.2) is 4.98 Å². The number of hydrogen-bond acceptors (Lipinski definition) is 3. The minimum absolute atomic E-state index is 0.330. The summed E-state index contributed by atoms with van der Waals surface area (Å²) in [4.78, 5) is 4.77. The van der Waals surface area contributed by atoms with E-state index < -0.39 is 0 Å². The third-order valence-electron chi connectivity index (χ3n) is 3.73. The van der Waals surface area contributed by atoms with Crippen LogP contribution in [0, 0.1) is 6.92 Å². The van der Waals surface area contributed by atoms with E-state index >= 15 is 0 Å². The fourth-order valence-electron chi connectivity index (χ4n) is 2.70. The number of para-hydroxylation sites is 1. The molecule has 1 atom stereocenters. The quantitative estimate of drug-likeness (QED) is 0.750. The molecule has 0 saturated heterocycles. The highest BCUT2D eigenvalue weighted by Gasteiger charge is 2.15. The molecule has 0 spiro atoms. The smallest absolute Gasteiger partial charge is 0.0957 e. The van der Waals surface area contributed by atoms with Gasteiger partial charge in [0.25, 0.3) is 0 Å². The lowest BCUT2D eigenvalue weighted by Crippen LogP contribution is -2.23. The number of aryl methyl sites for hydroxylation is 1. The Kier molecular flexibility index (Phi) is 4.32. The van der Waals surface area contributed by atoms with Crippen LogP contribution < -0.4 is 5.32 Å². The Morgan fingerprint density at radius 3 is 2.62 bits per heavy atom. The van der Waals surface area contributed by atoms with E-state index in [9.17, 15) is 0 Å². The molecular weight excluding hydrogens is 276 g/mol. The first-order valence-corrected chi connectivity index (χ1v) is 8.23. The molecular formula is C18H20N2S. The van der Waals surface area contributed by atoms with Crippen LogP contribution in [0.4, 0.5) is 0 Å². The van der Waals surface area contributed by atoms with Gasteiger partial charge in [-0.3, -0.25) is 0 Å². The van der Waals surface area contributed by atoms with Gasteiger partial charge in [-0.05, 0) is 36.7 Å². The maximum atomic E-state index is 4.77. The number of rotatable bonds is 5. The Morgan fingerprint density at radius 1 is 1.10 bits per heavy atom. The first kappa shape index (κ1) is 14.2. The zero-order valence-corrected chi connectivity index (χ0v) is 13.3. The third kappa shape index (κ3) is 3.14. The van der Waals surface area contributed by atoms with Crippen molar-refractivity contribution in [2.24, 2.45) is 0 Å². The summed E-state index contributed by atoms with van der Waals surface area (Å²) >= 11 is 1.80. The number of hydrogen-bond donors (Lipinski definition) is 1. The first-order valence-electron chi connectivity index (χ1n) is 7.41. The van der Waals surface area contributed by atoms with Crippen LogP contribution in [0.5, 0.6) is 0 Å². The molecule has 0 saturated carbocycles. The fourth-order valence-corrected chi connectivity index (χ4v) is 3.71. The van der Waals surface area contributed by atoms with Crippen LogP contribution in [0.1, 0.15) is 29.1 Å². The van der Waals surface area contributed by atoms with Gasteiger partial charge in [0, 0.05) is 12.5 Å². The van der Waals surface area contributed by atoms with Crippen LogP contribution >= 0.6 is 11.3 Å². The second-order valence-electron chi connectivity index (χ2n) is 5.25. The summed E-state index contributed by atoms with van der Waals surface area (Å²) in [5.74, 6) is 0. The van der Waals surface area contributed by atoms with Gasteiger partial charge in [0.15, 0.2) is 0 Å². The number of likely N-dealkylation sites (N-methyl/N-ethyl adjacent to an activating group) is 1. The number of aromatic nitrogens is 1.